The maximum Gasteiger partial charge on any atom is 0.0543 e. The van der Waals surface area contributed by atoms with Crippen molar-refractivity contribution in [2.75, 3.05) is 6.61 Å². The molecule has 0 bridgehead atoms. The van der Waals surface area contributed by atoms with Crippen LogP contribution in [0.4, 0.5) is 0 Å². The normalized spacial score (nSPS) is 16.4. The first-order chi connectivity index (χ1) is 5.24. The van der Waals surface area contributed by atoms with Crippen LogP contribution >= 0.6 is 0 Å². The number of aliphatic hydroxyl groups is 2. The van der Waals surface area contributed by atoms with Crippen molar-refractivity contribution in [3.63, 3.8) is 0 Å². The van der Waals surface area contributed by atoms with Crippen LogP contribution in [0.25, 0.3) is 0 Å². The van der Waals surface area contributed by atoms with Crippen molar-refractivity contribution in [2.24, 2.45) is 5.92 Å². The van der Waals surface area contributed by atoms with Crippen LogP contribution in [-0.2, 0) is 0 Å². The monoisotopic (exact) mass is 160 g/mol. The van der Waals surface area contributed by atoms with Crippen molar-refractivity contribution in [3.8, 4) is 0 Å². The number of aliphatic hydroxyl groups excluding tert-OH is 2. The Labute approximate surface area is 69.2 Å². The lowest BCUT2D eigenvalue weighted by molar-refractivity contribution is 0.107. The van der Waals surface area contributed by atoms with Crippen molar-refractivity contribution in [1.29, 1.82) is 0 Å². The van der Waals surface area contributed by atoms with Crippen molar-refractivity contribution < 1.29 is 10.2 Å². The van der Waals surface area contributed by atoms with E-state index < -0.39 is 0 Å². The van der Waals surface area contributed by atoms with Gasteiger partial charge in [0.05, 0.1) is 6.10 Å². The van der Waals surface area contributed by atoms with Gasteiger partial charge in [-0.2, -0.15) is 0 Å². The first kappa shape index (κ1) is 10.9. The second kappa shape index (κ2) is 6.62. The zero-order valence-electron chi connectivity index (χ0n) is 7.58. The van der Waals surface area contributed by atoms with E-state index in [1.165, 1.54) is 0 Å². The highest BCUT2D eigenvalue weighted by atomic mass is 16.3. The van der Waals surface area contributed by atoms with E-state index in [0.29, 0.717) is 0 Å². The quantitative estimate of drug-likeness (QED) is 0.619. The summed E-state index contributed by atoms with van der Waals surface area (Å²) in [6.07, 6.45) is 3.37. The summed E-state index contributed by atoms with van der Waals surface area (Å²) in [5.74, 6) is 0.288. The molecular formula is C9H20O2. The van der Waals surface area contributed by atoms with Gasteiger partial charge in [-0.3, -0.25) is 0 Å². The van der Waals surface area contributed by atoms with E-state index in [-0.39, 0.29) is 18.6 Å². The predicted molar refractivity (Wildman–Crippen MR) is 46.4 cm³/mol. The van der Waals surface area contributed by atoms with Crippen molar-refractivity contribution in [3.05, 3.63) is 0 Å². The molecule has 0 aromatic heterocycles. The van der Waals surface area contributed by atoms with E-state index in [9.17, 15) is 5.11 Å². The third-order valence-electron chi connectivity index (χ3n) is 2.06. The molecule has 0 aliphatic rings. The maximum absolute atomic E-state index is 9.37. The van der Waals surface area contributed by atoms with E-state index in [2.05, 4.69) is 6.92 Å². The van der Waals surface area contributed by atoms with Crippen LogP contribution in [0, 0.1) is 5.92 Å². The molecule has 0 heterocycles. The minimum atomic E-state index is -0.211. The van der Waals surface area contributed by atoms with Gasteiger partial charge in [0.25, 0.3) is 0 Å². The molecule has 11 heavy (non-hydrogen) atoms. The summed E-state index contributed by atoms with van der Waals surface area (Å²) in [7, 11) is 0. The fourth-order valence-electron chi connectivity index (χ4n) is 1.21. The first-order valence-corrected chi connectivity index (χ1v) is 4.53. The molecule has 0 radical (unpaired) electrons. The van der Waals surface area contributed by atoms with Crippen LogP contribution in [0.5, 0.6) is 0 Å². The van der Waals surface area contributed by atoms with E-state index in [1.807, 2.05) is 6.92 Å². The predicted octanol–water partition coefficient (Wildman–Crippen LogP) is 1.56. The molecule has 0 aromatic rings. The molecule has 2 unspecified atom stereocenters. The molecule has 0 spiro atoms. The van der Waals surface area contributed by atoms with E-state index in [0.717, 1.165) is 25.7 Å². The van der Waals surface area contributed by atoms with Crippen LogP contribution in [0.15, 0.2) is 0 Å². The van der Waals surface area contributed by atoms with Gasteiger partial charge in [-0.1, -0.05) is 26.7 Å². The number of hydrogen-bond acceptors (Lipinski definition) is 2. The Bertz CT molecular complexity index is 79.6. The minimum Gasteiger partial charge on any atom is -0.396 e. The molecule has 2 heteroatoms. The van der Waals surface area contributed by atoms with Crippen LogP contribution < -0.4 is 0 Å². The van der Waals surface area contributed by atoms with Gasteiger partial charge in [0.2, 0.25) is 0 Å². The highest BCUT2D eigenvalue weighted by Gasteiger charge is 2.10. The van der Waals surface area contributed by atoms with E-state index >= 15 is 0 Å². The molecule has 0 aliphatic heterocycles. The summed E-state index contributed by atoms with van der Waals surface area (Å²) in [5, 5.41) is 18.2. The fraction of sp³-hybridized carbons (Fsp3) is 1.00. The van der Waals surface area contributed by atoms with Gasteiger partial charge in [0, 0.05) is 6.61 Å². The second-order valence-corrected chi connectivity index (χ2v) is 3.14. The molecule has 0 saturated carbocycles. The van der Waals surface area contributed by atoms with Crippen LogP contribution in [0.1, 0.15) is 39.5 Å². The molecule has 2 N–H and O–H groups in total. The van der Waals surface area contributed by atoms with Gasteiger partial charge >= 0.3 is 0 Å². The SMILES string of the molecule is CCCC(O)CC(CC)CO. The van der Waals surface area contributed by atoms with Gasteiger partial charge in [0.15, 0.2) is 0 Å². The largest absolute Gasteiger partial charge is 0.396 e. The lowest BCUT2D eigenvalue weighted by atomic mass is 9.98. The molecular weight excluding hydrogens is 140 g/mol. The van der Waals surface area contributed by atoms with Gasteiger partial charge < -0.3 is 10.2 Å². The number of rotatable bonds is 6. The summed E-state index contributed by atoms with van der Waals surface area (Å²) in [6, 6.07) is 0. The highest BCUT2D eigenvalue weighted by Crippen LogP contribution is 2.12. The van der Waals surface area contributed by atoms with Gasteiger partial charge in [-0.05, 0) is 18.8 Å². The third kappa shape index (κ3) is 5.22. The van der Waals surface area contributed by atoms with Crippen molar-refractivity contribution in [1.82, 2.24) is 0 Å². The third-order valence-corrected chi connectivity index (χ3v) is 2.06. The summed E-state index contributed by atoms with van der Waals surface area (Å²) in [4.78, 5) is 0. The topological polar surface area (TPSA) is 40.5 Å². The molecule has 0 aliphatic carbocycles. The average molecular weight is 160 g/mol. The van der Waals surface area contributed by atoms with Gasteiger partial charge in [-0.25, -0.2) is 0 Å². The van der Waals surface area contributed by atoms with Gasteiger partial charge in [0.1, 0.15) is 0 Å². The van der Waals surface area contributed by atoms with Crippen LogP contribution in [0.3, 0.4) is 0 Å². The Balaban J connectivity index is 3.44. The van der Waals surface area contributed by atoms with E-state index in [4.69, 9.17) is 5.11 Å². The summed E-state index contributed by atoms with van der Waals surface area (Å²) < 4.78 is 0. The Morgan fingerprint density at radius 1 is 1.27 bits per heavy atom. The lowest BCUT2D eigenvalue weighted by Gasteiger charge is -2.15. The molecule has 2 atom stereocenters. The van der Waals surface area contributed by atoms with Crippen molar-refractivity contribution >= 4 is 0 Å². The Morgan fingerprint density at radius 2 is 1.91 bits per heavy atom. The number of hydrogen-bond donors (Lipinski definition) is 2. The smallest absolute Gasteiger partial charge is 0.0543 e. The Hall–Kier alpha value is -0.0800. The molecule has 0 amide bonds. The van der Waals surface area contributed by atoms with Crippen molar-refractivity contribution in [2.45, 2.75) is 45.6 Å². The van der Waals surface area contributed by atoms with E-state index in [1.54, 1.807) is 0 Å². The zero-order chi connectivity index (χ0) is 8.69. The first-order valence-electron chi connectivity index (χ1n) is 4.53. The summed E-state index contributed by atoms with van der Waals surface area (Å²) >= 11 is 0. The van der Waals surface area contributed by atoms with Crippen LogP contribution in [0.2, 0.25) is 0 Å². The molecule has 0 rings (SSSR count). The Morgan fingerprint density at radius 3 is 2.27 bits per heavy atom. The second-order valence-electron chi connectivity index (χ2n) is 3.14. The van der Waals surface area contributed by atoms with Gasteiger partial charge in [-0.15, -0.1) is 0 Å². The maximum atomic E-state index is 9.37. The molecule has 0 fully saturated rings. The average Bonchev–Trinajstić information content (AvgIpc) is 2.01. The fourth-order valence-corrected chi connectivity index (χ4v) is 1.21. The standard InChI is InChI=1S/C9H20O2/c1-3-5-9(11)6-8(4-2)7-10/h8-11H,3-7H2,1-2H3. The summed E-state index contributed by atoms with van der Waals surface area (Å²) in [6.45, 7) is 4.31. The Kier molecular flexibility index (Phi) is 6.57. The molecule has 0 aromatic carbocycles. The van der Waals surface area contributed by atoms with Crippen LogP contribution in [-0.4, -0.2) is 22.9 Å². The molecule has 68 valence electrons. The lowest BCUT2D eigenvalue weighted by Crippen LogP contribution is -2.15. The highest BCUT2D eigenvalue weighted by molar-refractivity contribution is 4.62. The molecule has 0 saturated heterocycles. The summed E-state index contributed by atoms with van der Waals surface area (Å²) in [5.41, 5.74) is 0. The zero-order valence-corrected chi connectivity index (χ0v) is 7.58. The molecule has 2 nitrogen and oxygen atoms in total. The minimum absolute atomic E-state index is 0.206.